The van der Waals surface area contributed by atoms with E-state index in [0.717, 1.165) is 11.3 Å². The molecule has 0 saturated heterocycles. The van der Waals surface area contributed by atoms with E-state index in [1.54, 1.807) is 21.1 Å². The smallest absolute Gasteiger partial charge is 0.124 e. The molecule has 84 valence electrons. The van der Waals surface area contributed by atoms with Gasteiger partial charge < -0.3 is 10.1 Å². The summed E-state index contributed by atoms with van der Waals surface area (Å²) in [5, 5.41) is 2.85. The molecule has 0 aliphatic carbocycles. The summed E-state index contributed by atoms with van der Waals surface area (Å²) in [6.07, 6.45) is 0.359. The van der Waals surface area contributed by atoms with E-state index >= 15 is 0 Å². The maximum atomic E-state index is 14.0. The van der Waals surface area contributed by atoms with Crippen molar-refractivity contribution in [2.24, 2.45) is 0 Å². The fourth-order valence-corrected chi connectivity index (χ4v) is 1.68. The first-order valence-corrected chi connectivity index (χ1v) is 5.04. The highest BCUT2D eigenvalue weighted by Crippen LogP contribution is 2.24. The molecule has 0 aliphatic rings. The standard InChI is InChI=1S/C12H18FNO/c1-12(13,9-14-2)8-10-6-4-5-7-11(10)15-3/h4-7,14H,8-9H2,1-3H3. The van der Waals surface area contributed by atoms with Crippen LogP contribution in [0.2, 0.25) is 0 Å². The molecule has 3 heteroatoms. The van der Waals surface area contributed by atoms with Crippen molar-refractivity contribution in [2.75, 3.05) is 20.7 Å². The normalized spacial score (nSPS) is 14.7. The second kappa shape index (κ2) is 5.12. The Bertz CT molecular complexity index is 312. The molecule has 0 aromatic heterocycles. The zero-order valence-electron chi connectivity index (χ0n) is 9.51. The fraction of sp³-hybridized carbons (Fsp3) is 0.500. The van der Waals surface area contributed by atoms with Crippen molar-refractivity contribution in [3.8, 4) is 5.75 Å². The Morgan fingerprint density at radius 2 is 2.07 bits per heavy atom. The van der Waals surface area contributed by atoms with Crippen molar-refractivity contribution in [2.45, 2.75) is 19.0 Å². The molecular weight excluding hydrogens is 193 g/mol. The number of ether oxygens (including phenoxy) is 1. The molecule has 0 saturated carbocycles. The number of hydrogen-bond acceptors (Lipinski definition) is 2. The predicted octanol–water partition coefficient (Wildman–Crippen LogP) is 2.19. The minimum Gasteiger partial charge on any atom is -0.496 e. The largest absolute Gasteiger partial charge is 0.496 e. The van der Waals surface area contributed by atoms with Gasteiger partial charge in [0.25, 0.3) is 0 Å². The number of hydrogen-bond donors (Lipinski definition) is 1. The predicted molar refractivity (Wildman–Crippen MR) is 60.1 cm³/mol. The molecule has 1 atom stereocenters. The van der Waals surface area contributed by atoms with Crippen LogP contribution in [0, 0.1) is 0 Å². The Morgan fingerprint density at radius 3 is 2.67 bits per heavy atom. The SMILES string of the molecule is CNCC(C)(F)Cc1ccccc1OC. The first kappa shape index (κ1) is 12.0. The van der Waals surface area contributed by atoms with Crippen LogP contribution in [-0.2, 0) is 6.42 Å². The van der Waals surface area contributed by atoms with Gasteiger partial charge in [-0.15, -0.1) is 0 Å². The lowest BCUT2D eigenvalue weighted by Crippen LogP contribution is -2.34. The van der Waals surface area contributed by atoms with Crippen LogP contribution >= 0.6 is 0 Å². The molecule has 1 N–H and O–H groups in total. The van der Waals surface area contributed by atoms with E-state index in [-0.39, 0.29) is 0 Å². The second-order valence-electron chi connectivity index (χ2n) is 3.93. The molecule has 1 unspecified atom stereocenters. The molecule has 0 amide bonds. The number of methoxy groups -OCH3 is 1. The highest BCUT2D eigenvalue weighted by molar-refractivity contribution is 5.34. The first-order valence-electron chi connectivity index (χ1n) is 5.04. The number of benzene rings is 1. The summed E-state index contributed by atoms with van der Waals surface area (Å²) in [6.45, 7) is 1.93. The lowest BCUT2D eigenvalue weighted by molar-refractivity contribution is 0.186. The molecule has 0 aliphatic heterocycles. The van der Waals surface area contributed by atoms with E-state index < -0.39 is 5.67 Å². The first-order chi connectivity index (χ1) is 7.09. The zero-order chi connectivity index (χ0) is 11.3. The van der Waals surface area contributed by atoms with Crippen LogP contribution in [0.15, 0.2) is 24.3 Å². The van der Waals surface area contributed by atoms with Gasteiger partial charge in [-0.05, 0) is 25.6 Å². The molecule has 0 spiro atoms. The van der Waals surface area contributed by atoms with Gasteiger partial charge in [0.15, 0.2) is 0 Å². The minimum absolute atomic E-state index is 0.338. The summed E-state index contributed by atoms with van der Waals surface area (Å²) in [5.74, 6) is 0.748. The van der Waals surface area contributed by atoms with E-state index in [9.17, 15) is 4.39 Å². The van der Waals surface area contributed by atoms with Crippen LogP contribution < -0.4 is 10.1 Å². The van der Waals surface area contributed by atoms with Gasteiger partial charge in [-0.1, -0.05) is 18.2 Å². The van der Waals surface area contributed by atoms with Gasteiger partial charge in [0, 0.05) is 13.0 Å². The van der Waals surface area contributed by atoms with E-state index in [2.05, 4.69) is 5.32 Å². The Kier molecular flexibility index (Phi) is 4.09. The van der Waals surface area contributed by atoms with Crippen molar-refractivity contribution in [3.05, 3.63) is 29.8 Å². The summed E-state index contributed by atoms with van der Waals surface area (Å²) in [5.41, 5.74) is -0.344. The highest BCUT2D eigenvalue weighted by Gasteiger charge is 2.23. The zero-order valence-corrected chi connectivity index (χ0v) is 9.51. The van der Waals surface area contributed by atoms with E-state index in [1.165, 1.54) is 0 Å². The lowest BCUT2D eigenvalue weighted by Gasteiger charge is -2.21. The molecule has 2 nitrogen and oxygen atoms in total. The van der Waals surface area contributed by atoms with Crippen molar-refractivity contribution in [3.63, 3.8) is 0 Å². The number of para-hydroxylation sites is 1. The Morgan fingerprint density at radius 1 is 1.40 bits per heavy atom. The topological polar surface area (TPSA) is 21.3 Å². The molecule has 0 fully saturated rings. The van der Waals surface area contributed by atoms with E-state index in [0.29, 0.717) is 13.0 Å². The van der Waals surface area contributed by atoms with Crippen molar-refractivity contribution < 1.29 is 9.13 Å². The fourth-order valence-electron chi connectivity index (χ4n) is 1.68. The number of nitrogens with one attached hydrogen (secondary N) is 1. The minimum atomic E-state index is -1.25. The average molecular weight is 211 g/mol. The number of halogens is 1. The van der Waals surface area contributed by atoms with Crippen LogP contribution in [-0.4, -0.2) is 26.4 Å². The maximum Gasteiger partial charge on any atom is 0.124 e. The summed E-state index contributed by atoms with van der Waals surface area (Å²) < 4.78 is 19.2. The quantitative estimate of drug-likeness (QED) is 0.806. The lowest BCUT2D eigenvalue weighted by atomic mass is 9.97. The Hall–Kier alpha value is -1.09. The number of rotatable bonds is 5. The van der Waals surface area contributed by atoms with Gasteiger partial charge in [-0.25, -0.2) is 4.39 Å². The molecule has 1 rings (SSSR count). The molecular formula is C12H18FNO. The van der Waals surface area contributed by atoms with Crippen LogP contribution in [0.25, 0.3) is 0 Å². The van der Waals surface area contributed by atoms with Crippen molar-refractivity contribution >= 4 is 0 Å². The average Bonchev–Trinajstić information content (AvgIpc) is 2.17. The van der Waals surface area contributed by atoms with Gasteiger partial charge in [-0.2, -0.15) is 0 Å². The molecule has 1 aromatic carbocycles. The Balaban J connectivity index is 2.79. The van der Waals surface area contributed by atoms with Crippen LogP contribution in [0.5, 0.6) is 5.75 Å². The summed E-state index contributed by atoms with van der Waals surface area (Å²) in [7, 11) is 3.35. The third-order valence-corrected chi connectivity index (χ3v) is 2.30. The Labute approximate surface area is 90.4 Å². The van der Waals surface area contributed by atoms with Gasteiger partial charge in [0.2, 0.25) is 0 Å². The van der Waals surface area contributed by atoms with Crippen LogP contribution in [0.4, 0.5) is 4.39 Å². The van der Waals surface area contributed by atoms with Crippen molar-refractivity contribution in [1.82, 2.24) is 5.32 Å². The van der Waals surface area contributed by atoms with Gasteiger partial charge in [-0.3, -0.25) is 0 Å². The highest BCUT2D eigenvalue weighted by atomic mass is 19.1. The van der Waals surface area contributed by atoms with Crippen LogP contribution in [0.1, 0.15) is 12.5 Å². The molecule has 0 heterocycles. The van der Waals surface area contributed by atoms with E-state index in [4.69, 9.17) is 4.74 Å². The number of alkyl halides is 1. The molecule has 15 heavy (non-hydrogen) atoms. The van der Waals surface area contributed by atoms with Gasteiger partial charge >= 0.3 is 0 Å². The molecule has 1 aromatic rings. The van der Waals surface area contributed by atoms with Crippen LogP contribution in [0.3, 0.4) is 0 Å². The summed E-state index contributed by atoms with van der Waals surface area (Å²) in [4.78, 5) is 0. The van der Waals surface area contributed by atoms with E-state index in [1.807, 2.05) is 24.3 Å². The van der Waals surface area contributed by atoms with Crippen molar-refractivity contribution in [1.29, 1.82) is 0 Å². The third-order valence-electron chi connectivity index (χ3n) is 2.30. The summed E-state index contributed by atoms with van der Waals surface area (Å²) >= 11 is 0. The summed E-state index contributed by atoms with van der Waals surface area (Å²) in [6, 6.07) is 7.53. The van der Waals surface area contributed by atoms with Gasteiger partial charge in [0.05, 0.1) is 7.11 Å². The monoisotopic (exact) mass is 211 g/mol. The third kappa shape index (κ3) is 3.51. The molecule has 0 radical (unpaired) electrons. The maximum absolute atomic E-state index is 14.0. The molecule has 0 bridgehead atoms. The van der Waals surface area contributed by atoms with Gasteiger partial charge in [0.1, 0.15) is 11.4 Å². The second-order valence-corrected chi connectivity index (χ2v) is 3.93.